The highest BCUT2D eigenvalue weighted by molar-refractivity contribution is 7.91. The summed E-state index contributed by atoms with van der Waals surface area (Å²) >= 11 is 0. The van der Waals surface area contributed by atoms with Gasteiger partial charge in [0.1, 0.15) is 5.03 Å². The lowest BCUT2D eigenvalue weighted by Crippen LogP contribution is -2.36. The number of nitrogens with zero attached hydrogens (tertiary/aromatic N) is 2. The number of benzene rings is 2. The monoisotopic (exact) mass is 356 g/mol. The van der Waals surface area contributed by atoms with Crippen LogP contribution in [-0.2, 0) is 21.6 Å². The molecule has 4 rings (SSSR count). The highest BCUT2D eigenvalue weighted by Crippen LogP contribution is 2.33. The standard InChI is InChI=1S/C19H20N2O3S/c1-20-17-8-5-9-18(21-10-12-24-13-11-21)16(17)14-19(20)25(22,23)15-6-3-2-4-7-15/h2-9,14H,10-13H2,1H3. The van der Waals surface area contributed by atoms with Gasteiger partial charge in [0, 0.05) is 31.2 Å². The first-order valence-corrected chi connectivity index (χ1v) is 9.78. The number of morpholine rings is 1. The van der Waals surface area contributed by atoms with Crippen LogP contribution in [0, 0.1) is 0 Å². The molecule has 1 aliphatic rings. The molecule has 0 radical (unpaired) electrons. The average Bonchev–Trinajstić information content (AvgIpc) is 3.01. The molecule has 0 spiro atoms. The van der Waals surface area contributed by atoms with Crippen LogP contribution in [0.25, 0.3) is 10.9 Å². The van der Waals surface area contributed by atoms with Crippen LogP contribution in [0.4, 0.5) is 5.69 Å². The largest absolute Gasteiger partial charge is 0.378 e. The molecule has 1 saturated heterocycles. The third-order valence-electron chi connectivity index (χ3n) is 4.70. The zero-order valence-corrected chi connectivity index (χ0v) is 14.9. The molecule has 130 valence electrons. The summed E-state index contributed by atoms with van der Waals surface area (Å²) in [4.78, 5) is 2.57. The van der Waals surface area contributed by atoms with E-state index in [4.69, 9.17) is 4.74 Å². The van der Waals surface area contributed by atoms with Gasteiger partial charge in [0.25, 0.3) is 0 Å². The van der Waals surface area contributed by atoms with Gasteiger partial charge in [-0.2, -0.15) is 0 Å². The molecule has 0 bridgehead atoms. The van der Waals surface area contributed by atoms with Gasteiger partial charge in [0.05, 0.1) is 23.6 Å². The van der Waals surface area contributed by atoms with Crippen molar-refractivity contribution in [1.82, 2.24) is 4.57 Å². The van der Waals surface area contributed by atoms with Crippen molar-refractivity contribution < 1.29 is 13.2 Å². The Bertz CT molecular complexity index is 1000. The molecule has 0 atom stereocenters. The van der Waals surface area contributed by atoms with Crippen molar-refractivity contribution in [2.75, 3.05) is 31.2 Å². The van der Waals surface area contributed by atoms with E-state index in [-0.39, 0.29) is 0 Å². The molecule has 1 aliphatic heterocycles. The Morgan fingerprint density at radius 2 is 1.68 bits per heavy atom. The molecule has 2 aromatic carbocycles. The van der Waals surface area contributed by atoms with Crippen molar-refractivity contribution in [2.24, 2.45) is 7.05 Å². The van der Waals surface area contributed by atoms with Gasteiger partial charge in [-0.15, -0.1) is 0 Å². The first-order chi connectivity index (χ1) is 12.1. The summed E-state index contributed by atoms with van der Waals surface area (Å²) in [6, 6.07) is 16.4. The topological polar surface area (TPSA) is 51.5 Å². The predicted octanol–water partition coefficient (Wildman–Crippen LogP) is 2.85. The second kappa shape index (κ2) is 6.20. The Kier molecular flexibility index (Phi) is 4.01. The maximum atomic E-state index is 13.1. The van der Waals surface area contributed by atoms with Gasteiger partial charge in [-0.1, -0.05) is 24.3 Å². The lowest BCUT2D eigenvalue weighted by molar-refractivity contribution is 0.123. The Morgan fingerprint density at radius 3 is 2.40 bits per heavy atom. The van der Waals surface area contributed by atoms with Gasteiger partial charge in [0.2, 0.25) is 9.84 Å². The van der Waals surface area contributed by atoms with Gasteiger partial charge < -0.3 is 14.2 Å². The number of anilines is 1. The molecule has 1 aromatic heterocycles. The van der Waals surface area contributed by atoms with Crippen molar-refractivity contribution in [3.63, 3.8) is 0 Å². The van der Waals surface area contributed by atoms with Gasteiger partial charge in [0.15, 0.2) is 0 Å². The van der Waals surface area contributed by atoms with E-state index in [2.05, 4.69) is 4.90 Å². The molecule has 2 heterocycles. The van der Waals surface area contributed by atoms with E-state index in [0.717, 1.165) is 29.7 Å². The van der Waals surface area contributed by atoms with Gasteiger partial charge in [-0.3, -0.25) is 0 Å². The molecule has 0 unspecified atom stereocenters. The van der Waals surface area contributed by atoms with E-state index in [1.165, 1.54) is 0 Å². The smallest absolute Gasteiger partial charge is 0.222 e. The molecular formula is C19H20N2O3S. The van der Waals surface area contributed by atoms with Crippen molar-refractivity contribution in [3.8, 4) is 0 Å². The van der Waals surface area contributed by atoms with E-state index in [0.29, 0.717) is 23.1 Å². The summed E-state index contributed by atoms with van der Waals surface area (Å²) in [6.07, 6.45) is 0. The van der Waals surface area contributed by atoms with Gasteiger partial charge >= 0.3 is 0 Å². The van der Waals surface area contributed by atoms with Crippen molar-refractivity contribution in [1.29, 1.82) is 0 Å². The van der Waals surface area contributed by atoms with Gasteiger partial charge in [-0.05, 0) is 30.3 Å². The maximum Gasteiger partial charge on any atom is 0.222 e. The minimum Gasteiger partial charge on any atom is -0.378 e. The fourth-order valence-corrected chi connectivity index (χ4v) is 4.87. The number of sulfone groups is 1. The number of aromatic nitrogens is 1. The number of hydrogen-bond acceptors (Lipinski definition) is 4. The third kappa shape index (κ3) is 2.71. The summed E-state index contributed by atoms with van der Waals surface area (Å²) in [5.41, 5.74) is 1.98. The first kappa shape index (κ1) is 16.2. The van der Waals surface area contributed by atoms with Crippen LogP contribution in [0.5, 0.6) is 0 Å². The molecule has 6 heteroatoms. The van der Waals surface area contributed by atoms with Crippen LogP contribution in [0.2, 0.25) is 0 Å². The van der Waals surface area contributed by atoms with Crippen molar-refractivity contribution in [2.45, 2.75) is 9.92 Å². The number of hydrogen-bond donors (Lipinski definition) is 0. The number of aryl methyl sites for hydroxylation is 1. The van der Waals surface area contributed by atoms with E-state index in [1.807, 2.05) is 24.3 Å². The molecule has 0 aliphatic carbocycles. The van der Waals surface area contributed by atoms with Crippen molar-refractivity contribution >= 4 is 26.4 Å². The third-order valence-corrected chi connectivity index (χ3v) is 6.54. The fraction of sp³-hybridized carbons (Fsp3) is 0.263. The second-order valence-corrected chi connectivity index (χ2v) is 8.06. The maximum absolute atomic E-state index is 13.1. The van der Waals surface area contributed by atoms with E-state index < -0.39 is 9.84 Å². The highest BCUT2D eigenvalue weighted by atomic mass is 32.2. The van der Waals surface area contributed by atoms with Gasteiger partial charge in [-0.25, -0.2) is 8.42 Å². The van der Waals surface area contributed by atoms with Crippen LogP contribution in [0.15, 0.2) is 64.5 Å². The molecule has 0 saturated carbocycles. The second-order valence-electron chi connectivity index (χ2n) is 6.17. The van der Waals surface area contributed by atoms with Crippen LogP contribution >= 0.6 is 0 Å². The van der Waals surface area contributed by atoms with Crippen molar-refractivity contribution in [3.05, 3.63) is 54.6 Å². The Morgan fingerprint density at radius 1 is 0.960 bits per heavy atom. The van der Waals surface area contributed by atoms with Crippen LogP contribution in [0.1, 0.15) is 0 Å². The molecule has 1 fully saturated rings. The first-order valence-electron chi connectivity index (χ1n) is 8.30. The Labute approximate surface area is 147 Å². The number of fused-ring (bicyclic) bond motifs is 1. The van der Waals surface area contributed by atoms with E-state index in [1.54, 1.807) is 41.9 Å². The molecule has 3 aromatic rings. The van der Waals surface area contributed by atoms with Crippen LogP contribution < -0.4 is 4.90 Å². The summed E-state index contributed by atoms with van der Waals surface area (Å²) in [5.74, 6) is 0. The molecule has 0 N–H and O–H groups in total. The SMILES string of the molecule is Cn1c(S(=O)(=O)c2ccccc2)cc2c(N3CCOCC3)cccc21. The lowest BCUT2D eigenvalue weighted by Gasteiger charge is -2.29. The predicted molar refractivity (Wildman–Crippen MR) is 97.8 cm³/mol. The van der Waals surface area contributed by atoms with Crippen LogP contribution in [-0.4, -0.2) is 39.3 Å². The summed E-state index contributed by atoms with van der Waals surface area (Å²) in [6.45, 7) is 3.01. The summed E-state index contributed by atoms with van der Waals surface area (Å²) < 4.78 is 33.3. The highest BCUT2D eigenvalue weighted by Gasteiger charge is 2.24. The zero-order valence-electron chi connectivity index (χ0n) is 14.1. The number of rotatable bonds is 3. The van der Waals surface area contributed by atoms with E-state index >= 15 is 0 Å². The Hall–Kier alpha value is -2.31. The zero-order chi connectivity index (χ0) is 17.4. The summed E-state index contributed by atoms with van der Waals surface area (Å²) in [7, 11) is -1.75. The molecular weight excluding hydrogens is 336 g/mol. The molecule has 25 heavy (non-hydrogen) atoms. The Balaban J connectivity index is 1.88. The van der Waals surface area contributed by atoms with Crippen LogP contribution in [0.3, 0.4) is 0 Å². The fourth-order valence-electron chi connectivity index (χ4n) is 3.38. The lowest BCUT2D eigenvalue weighted by atomic mass is 10.2. The molecule has 0 amide bonds. The average molecular weight is 356 g/mol. The van der Waals surface area contributed by atoms with E-state index in [9.17, 15) is 8.42 Å². The minimum absolute atomic E-state index is 0.314. The normalized spacial score (nSPS) is 15.6. The quantitative estimate of drug-likeness (QED) is 0.724. The minimum atomic E-state index is -3.56. The summed E-state index contributed by atoms with van der Waals surface area (Å²) in [5, 5.41) is 1.27. The number of ether oxygens (including phenoxy) is 1. The molecule has 5 nitrogen and oxygen atoms in total.